The number of cyclic esters (lactones) is 1. The number of halogens is 1. The number of likely N-dealkylation sites (tertiary alicyclic amines) is 1. The van der Waals surface area contributed by atoms with Crippen molar-refractivity contribution in [2.24, 2.45) is 5.92 Å². The maximum absolute atomic E-state index is 14.9. The molecule has 0 saturated carbocycles. The van der Waals surface area contributed by atoms with E-state index < -0.39 is 24.1 Å². The average molecular weight is 584 g/mol. The van der Waals surface area contributed by atoms with E-state index in [2.05, 4.69) is 25.9 Å². The summed E-state index contributed by atoms with van der Waals surface area (Å²) in [7, 11) is 0. The molecule has 2 aromatic rings. The first-order valence-corrected chi connectivity index (χ1v) is 13.9. The lowest BCUT2D eigenvalue weighted by Crippen LogP contribution is -2.42. The topological polar surface area (TPSA) is 175 Å². The third-order valence-electron chi connectivity index (χ3n) is 7.91. The second-order valence-electron chi connectivity index (χ2n) is 10.8. The van der Waals surface area contributed by atoms with E-state index in [4.69, 9.17) is 9.47 Å². The van der Waals surface area contributed by atoms with Gasteiger partial charge in [-0.3, -0.25) is 19.4 Å². The number of rotatable bonds is 8. The minimum Gasteiger partial charge on any atom is -0.465 e. The molecule has 3 aliphatic heterocycles. The first kappa shape index (κ1) is 27.6. The molecular formula is C27H30FN7O7. The SMILES string of the molecule is O=C1COc2ncc(N3CC(CCNCC4Cc5cc(NC(=O)[C@@H]6CCCN6C(=O)O)cc(F)c5C4)OC3=O)nc2N1. The van der Waals surface area contributed by atoms with Crippen molar-refractivity contribution in [1.29, 1.82) is 0 Å². The van der Waals surface area contributed by atoms with Gasteiger partial charge in [0.25, 0.3) is 11.8 Å². The molecule has 4 aliphatic rings. The van der Waals surface area contributed by atoms with Gasteiger partial charge in [0.1, 0.15) is 18.0 Å². The third-order valence-corrected chi connectivity index (χ3v) is 7.91. The van der Waals surface area contributed by atoms with Crippen molar-refractivity contribution in [3.63, 3.8) is 0 Å². The summed E-state index contributed by atoms with van der Waals surface area (Å²) in [6, 6.07) is 2.29. The Morgan fingerprint density at radius 3 is 2.93 bits per heavy atom. The molecule has 222 valence electrons. The van der Waals surface area contributed by atoms with E-state index in [1.165, 1.54) is 17.2 Å². The zero-order valence-electron chi connectivity index (χ0n) is 22.6. The van der Waals surface area contributed by atoms with Crippen molar-refractivity contribution in [2.45, 2.75) is 44.2 Å². The number of nitrogens with zero attached hydrogens (tertiary/aromatic N) is 4. The fourth-order valence-corrected chi connectivity index (χ4v) is 5.90. The molecule has 2 fully saturated rings. The van der Waals surface area contributed by atoms with Gasteiger partial charge in [0.15, 0.2) is 18.2 Å². The fraction of sp³-hybridized carbons (Fsp3) is 0.481. The van der Waals surface area contributed by atoms with Gasteiger partial charge >= 0.3 is 12.2 Å². The number of carbonyl (C=O) groups excluding carboxylic acids is 3. The van der Waals surface area contributed by atoms with E-state index in [9.17, 15) is 28.7 Å². The number of hydrogen-bond acceptors (Lipinski definition) is 9. The molecule has 1 aliphatic carbocycles. The first-order chi connectivity index (χ1) is 20.2. The molecule has 14 nitrogen and oxygen atoms in total. The summed E-state index contributed by atoms with van der Waals surface area (Å²) in [6.45, 7) is 1.65. The van der Waals surface area contributed by atoms with E-state index in [1.54, 1.807) is 6.07 Å². The summed E-state index contributed by atoms with van der Waals surface area (Å²) < 4.78 is 25.6. The van der Waals surface area contributed by atoms with E-state index in [0.717, 1.165) is 10.5 Å². The number of hydrogen-bond donors (Lipinski definition) is 4. The Balaban J connectivity index is 0.968. The van der Waals surface area contributed by atoms with Crippen LogP contribution >= 0.6 is 0 Å². The van der Waals surface area contributed by atoms with Crippen LogP contribution in [0.1, 0.15) is 30.4 Å². The van der Waals surface area contributed by atoms with Gasteiger partial charge in [-0.2, -0.15) is 0 Å². The first-order valence-electron chi connectivity index (χ1n) is 13.9. The number of anilines is 3. The van der Waals surface area contributed by atoms with Crippen molar-refractivity contribution in [3.05, 3.63) is 35.3 Å². The standard InChI is InChI=1S/C27H30FN7O7/c28-19-9-16(31-24(37)20-2-1-5-34(20)26(38)39)8-15-6-14(7-18(15)19)10-29-4-3-17-12-35(27(40)42-17)21-11-30-25-23(32-21)33-22(36)13-41-25/h8-9,11,14,17,20,29H,1-7,10,12-13H2,(H,31,37)(H,38,39)(H,32,33,36)/t14?,17?,20-/m0/s1. The lowest BCUT2D eigenvalue weighted by atomic mass is 10.1. The van der Waals surface area contributed by atoms with Crippen LogP contribution in [0.4, 0.5) is 31.3 Å². The largest absolute Gasteiger partial charge is 0.465 e. The van der Waals surface area contributed by atoms with Crippen LogP contribution in [0.5, 0.6) is 5.88 Å². The smallest absolute Gasteiger partial charge is 0.415 e. The van der Waals surface area contributed by atoms with Crippen molar-refractivity contribution in [3.8, 4) is 5.88 Å². The Bertz CT molecular complexity index is 1440. The Kier molecular flexibility index (Phi) is 7.49. The molecule has 1 aromatic heterocycles. The van der Waals surface area contributed by atoms with Gasteiger partial charge in [0.2, 0.25) is 5.91 Å². The van der Waals surface area contributed by atoms with Crippen LogP contribution in [0.3, 0.4) is 0 Å². The quantitative estimate of drug-likeness (QED) is 0.335. The number of ether oxygens (including phenoxy) is 2. The van der Waals surface area contributed by atoms with Crippen LogP contribution < -0.4 is 25.6 Å². The molecule has 4 heterocycles. The lowest BCUT2D eigenvalue weighted by molar-refractivity contribution is -0.120. The molecule has 6 rings (SSSR count). The highest BCUT2D eigenvalue weighted by Gasteiger charge is 2.36. The molecule has 2 saturated heterocycles. The second kappa shape index (κ2) is 11.4. The lowest BCUT2D eigenvalue weighted by Gasteiger charge is -2.21. The molecule has 1 aromatic carbocycles. The van der Waals surface area contributed by atoms with Gasteiger partial charge in [-0.05, 0) is 74.4 Å². The zero-order chi connectivity index (χ0) is 29.4. The van der Waals surface area contributed by atoms with Crippen LogP contribution in [0, 0.1) is 11.7 Å². The number of fused-ring (bicyclic) bond motifs is 2. The summed E-state index contributed by atoms with van der Waals surface area (Å²) in [4.78, 5) is 58.9. The van der Waals surface area contributed by atoms with Gasteiger partial charge in [0.05, 0.1) is 12.7 Å². The molecule has 2 unspecified atom stereocenters. The van der Waals surface area contributed by atoms with Gasteiger partial charge in [-0.25, -0.2) is 23.9 Å². The van der Waals surface area contributed by atoms with Crippen LogP contribution in [-0.4, -0.2) is 88.9 Å². The van der Waals surface area contributed by atoms with Crippen molar-refractivity contribution in [2.75, 3.05) is 48.3 Å². The van der Waals surface area contributed by atoms with Crippen molar-refractivity contribution >= 4 is 41.3 Å². The molecule has 0 radical (unpaired) electrons. The highest BCUT2D eigenvalue weighted by Crippen LogP contribution is 2.32. The molecule has 4 N–H and O–H groups in total. The minimum atomic E-state index is -1.14. The number of carboxylic acid groups (broad SMARTS) is 1. The molecule has 0 bridgehead atoms. The van der Waals surface area contributed by atoms with Gasteiger partial charge in [0, 0.05) is 12.2 Å². The van der Waals surface area contributed by atoms with E-state index in [-0.39, 0.29) is 54.4 Å². The van der Waals surface area contributed by atoms with Gasteiger partial charge < -0.3 is 30.5 Å². The summed E-state index contributed by atoms with van der Waals surface area (Å²) in [5.41, 5.74) is 1.78. The number of nitrogens with one attached hydrogen (secondary N) is 3. The minimum absolute atomic E-state index is 0.140. The predicted octanol–water partition coefficient (Wildman–Crippen LogP) is 1.75. The summed E-state index contributed by atoms with van der Waals surface area (Å²) in [5, 5.41) is 17.9. The third kappa shape index (κ3) is 5.64. The Hall–Kier alpha value is -4.53. The van der Waals surface area contributed by atoms with E-state index in [1.807, 2.05) is 0 Å². The maximum atomic E-state index is 14.9. The molecule has 0 spiro atoms. The molecule has 3 atom stereocenters. The molecule has 15 heteroatoms. The number of benzene rings is 1. The monoisotopic (exact) mass is 583 g/mol. The summed E-state index contributed by atoms with van der Waals surface area (Å²) in [6.07, 6.45) is 2.14. The molecule has 42 heavy (non-hydrogen) atoms. The van der Waals surface area contributed by atoms with Crippen LogP contribution in [0.25, 0.3) is 0 Å². The van der Waals surface area contributed by atoms with Crippen LogP contribution in [0.15, 0.2) is 18.3 Å². The van der Waals surface area contributed by atoms with Crippen LogP contribution in [0.2, 0.25) is 0 Å². The second-order valence-corrected chi connectivity index (χ2v) is 10.8. The number of carbonyl (C=O) groups is 4. The normalized spacial score (nSPS) is 22.7. The van der Waals surface area contributed by atoms with Gasteiger partial charge in [-0.15, -0.1) is 0 Å². The highest BCUT2D eigenvalue weighted by atomic mass is 19.1. The maximum Gasteiger partial charge on any atom is 0.415 e. The van der Waals surface area contributed by atoms with Crippen LogP contribution in [-0.2, 0) is 27.2 Å². The zero-order valence-corrected chi connectivity index (χ0v) is 22.6. The fourth-order valence-electron chi connectivity index (χ4n) is 5.90. The number of aromatic nitrogens is 2. The average Bonchev–Trinajstić information content (AvgIpc) is 3.69. The highest BCUT2D eigenvalue weighted by molar-refractivity contribution is 5.97. The summed E-state index contributed by atoms with van der Waals surface area (Å²) in [5.74, 6) is -0.429. The predicted molar refractivity (Wildman–Crippen MR) is 145 cm³/mol. The van der Waals surface area contributed by atoms with Crippen molar-refractivity contribution in [1.82, 2.24) is 20.2 Å². The Morgan fingerprint density at radius 1 is 1.24 bits per heavy atom. The van der Waals surface area contributed by atoms with Crippen molar-refractivity contribution < 1.29 is 38.1 Å². The van der Waals surface area contributed by atoms with Gasteiger partial charge in [-0.1, -0.05) is 0 Å². The number of amides is 4. The van der Waals surface area contributed by atoms with E-state index >= 15 is 0 Å². The summed E-state index contributed by atoms with van der Waals surface area (Å²) >= 11 is 0. The molecular weight excluding hydrogens is 553 g/mol. The Morgan fingerprint density at radius 2 is 2.10 bits per heavy atom. The van der Waals surface area contributed by atoms with E-state index in [0.29, 0.717) is 63.0 Å². The Labute approximate surface area is 239 Å². The molecule has 4 amide bonds.